The first-order valence-electron chi connectivity index (χ1n) is 8.27. The molecule has 0 atom stereocenters. The number of carbonyl (C=O) groups is 1. The first-order chi connectivity index (χ1) is 12.8. The number of carbonyl (C=O) groups excluding carboxylic acids is 1. The van der Waals surface area contributed by atoms with Crippen LogP contribution in [0.2, 0.25) is 0 Å². The summed E-state index contributed by atoms with van der Waals surface area (Å²) in [6, 6.07) is 3.53. The van der Waals surface area contributed by atoms with Crippen molar-refractivity contribution in [2.24, 2.45) is 0 Å². The summed E-state index contributed by atoms with van der Waals surface area (Å²) in [7, 11) is 1.54. The third-order valence-corrected chi connectivity index (χ3v) is 3.82. The molecule has 0 aromatic carbocycles. The van der Waals surface area contributed by atoms with Gasteiger partial charge in [0.05, 0.1) is 17.4 Å². The van der Waals surface area contributed by atoms with E-state index in [2.05, 4.69) is 20.4 Å². The molecule has 9 heteroatoms. The smallest absolute Gasteiger partial charge is 0.278 e. The molecule has 0 bridgehead atoms. The Balaban J connectivity index is 1.81. The molecule has 0 unspecified atom stereocenters. The maximum Gasteiger partial charge on any atom is 0.278 e. The van der Waals surface area contributed by atoms with E-state index in [9.17, 15) is 13.6 Å². The van der Waals surface area contributed by atoms with Crippen molar-refractivity contribution in [3.05, 3.63) is 47.5 Å². The van der Waals surface area contributed by atoms with Crippen molar-refractivity contribution < 1.29 is 18.3 Å². The minimum Gasteiger partial charge on any atom is -0.471 e. The molecule has 3 rings (SSSR count). The lowest BCUT2D eigenvalue weighted by molar-refractivity contribution is -0.0244. The van der Waals surface area contributed by atoms with Crippen molar-refractivity contribution in [2.75, 3.05) is 13.7 Å². The van der Waals surface area contributed by atoms with Gasteiger partial charge in [-0.15, -0.1) is 0 Å². The van der Waals surface area contributed by atoms with Crippen molar-refractivity contribution in [2.45, 2.75) is 26.3 Å². The molecule has 0 aliphatic rings. The number of hydrogen-bond acceptors (Lipinski definition) is 5. The Labute approximate surface area is 154 Å². The zero-order valence-corrected chi connectivity index (χ0v) is 15.2. The molecular weight excluding hydrogens is 356 g/mol. The average Bonchev–Trinajstić information content (AvgIpc) is 3.01. The van der Waals surface area contributed by atoms with Crippen LogP contribution < -0.4 is 10.1 Å². The highest BCUT2D eigenvalue weighted by atomic mass is 19.3. The van der Waals surface area contributed by atoms with Crippen LogP contribution in [0.5, 0.6) is 5.88 Å². The summed E-state index contributed by atoms with van der Waals surface area (Å²) >= 11 is 0. The fraction of sp³-hybridized carbons (Fsp3) is 0.333. The molecule has 3 aromatic heterocycles. The largest absolute Gasteiger partial charge is 0.471 e. The highest BCUT2D eigenvalue weighted by molar-refractivity contribution is 6.03. The third-order valence-electron chi connectivity index (χ3n) is 3.82. The Kier molecular flexibility index (Phi) is 5.02. The van der Waals surface area contributed by atoms with Gasteiger partial charge >= 0.3 is 0 Å². The first kappa shape index (κ1) is 18.7. The van der Waals surface area contributed by atoms with Gasteiger partial charge in [0.25, 0.3) is 11.8 Å². The van der Waals surface area contributed by atoms with Gasteiger partial charge in [-0.05, 0) is 24.6 Å². The van der Waals surface area contributed by atoms with E-state index in [1.807, 2.05) is 0 Å². The zero-order valence-electron chi connectivity index (χ0n) is 15.2. The van der Waals surface area contributed by atoms with Crippen molar-refractivity contribution in [1.82, 2.24) is 25.1 Å². The van der Waals surface area contributed by atoms with Gasteiger partial charge in [0.1, 0.15) is 5.69 Å². The van der Waals surface area contributed by atoms with Crippen LogP contribution in [0.15, 0.2) is 30.7 Å². The van der Waals surface area contributed by atoms with Crippen LogP contribution in [0, 0.1) is 6.92 Å². The van der Waals surface area contributed by atoms with Gasteiger partial charge in [-0.1, -0.05) is 0 Å². The predicted octanol–water partition coefficient (Wildman–Crippen LogP) is 2.58. The number of amides is 1. The van der Waals surface area contributed by atoms with Crippen LogP contribution >= 0.6 is 0 Å². The number of aromatic nitrogens is 4. The van der Waals surface area contributed by atoms with E-state index in [-0.39, 0.29) is 11.8 Å². The van der Waals surface area contributed by atoms with Crippen LogP contribution in [0.3, 0.4) is 0 Å². The fourth-order valence-electron chi connectivity index (χ4n) is 2.61. The van der Waals surface area contributed by atoms with Gasteiger partial charge in [-0.2, -0.15) is 5.10 Å². The molecule has 0 aliphatic carbocycles. The zero-order chi connectivity index (χ0) is 19.6. The van der Waals surface area contributed by atoms with Crippen molar-refractivity contribution >= 4 is 16.8 Å². The molecule has 0 saturated carbocycles. The maximum absolute atomic E-state index is 12.9. The molecule has 7 nitrogen and oxygen atoms in total. The fourth-order valence-corrected chi connectivity index (χ4v) is 2.61. The monoisotopic (exact) mass is 375 g/mol. The number of nitrogens with zero attached hydrogens (tertiary/aromatic N) is 4. The van der Waals surface area contributed by atoms with Crippen LogP contribution in [0.25, 0.3) is 10.9 Å². The summed E-state index contributed by atoms with van der Waals surface area (Å²) < 4.78 is 32.6. The van der Waals surface area contributed by atoms with E-state index in [1.165, 1.54) is 6.20 Å². The van der Waals surface area contributed by atoms with E-state index in [0.29, 0.717) is 28.7 Å². The van der Waals surface area contributed by atoms with Gasteiger partial charge in [-0.25, -0.2) is 13.8 Å². The molecule has 1 N–H and O–H groups in total. The second-order valence-electron chi connectivity index (χ2n) is 6.32. The molecule has 27 heavy (non-hydrogen) atoms. The summed E-state index contributed by atoms with van der Waals surface area (Å²) in [5.41, 5.74) is 2.43. The normalized spacial score (nSPS) is 11.6. The SMILES string of the molecule is CNC(=O)c1nccc2nn(Cc3cnc(OCC(C)(F)F)c(C)c3)cc12. The number of ether oxygens (including phenoxy) is 1. The Morgan fingerprint density at radius 1 is 1.37 bits per heavy atom. The number of pyridine rings is 2. The molecular formula is C18H19F2N5O2. The van der Waals surface area contributed by atoms with Crippen molar-refractivity contribution in [3.8, 4) is 5.88 Å². The second kappa shape index (κ2) is 7.26. The van der Waals surface area contributed by atoms with Crippen LogP contribution in [-0.4, -0.2) is 45.2 Å². The van der Waals surface area contributed by atoms with E-state index >= 15 is 0 Å². The minimum atomic E-state index is -2.92. The molecule has 3 heterocycles. The number of rotatable bonds is 6. The highest BCUT2D eigenvalue weighted by Gasteiger charge is 2.22. The lowest BCUT2D eigenvalue weighted by atomic mass is 10.2. The maximum atomic E-state index is 12.9. The number of hydrogen-bond donors (Lipinski definition) is 1. The summed E-state index contributed by atoms with van der Waals surface area (Å²) in [6.07, 6.45) is 4.83. The number of fused-ring (bicyclic) bond motifs is 1. The molecule has 0 aliphatic heterocycles. The van der Waals surface area contributed by atoms with Crippen molar-refractivity contribution in [3.63, 3.8) is 0 Å². The molecule has 0 radical (unpaired) electrons. The van der Waals surface area contributed by atoms with E-state index in [4.69, 9.17) is 4.74 Å². The van der Waals surface area contributed by atoms with Crippen LogP contribution in [0.1, 0.15) is 28.5 Å². The van der Waals surface area contributed by atoms with Gasteiger partial charge in [0, 0.05) is 38.1 Å². The highest BCUT2D eigenvalue weighted by Crippen LogP contribution is 2.20. The van der Waals surface area contributed by atoms with E-state index in [0.717, 1.165) is 12.5 Å². The van der Waals surface area contributed by atoms with E-state index < -0.39 is 12.5 Å². The molecule has 3 aromatic rings. The van der Waals surface area contributed by atoms with Gasteiger partial charge in [0.15, 0.2) is 6.61 Å². The second-order valence-corrected chi connectivity index (χ2v) is 6.32. The summed E-state index contributed by atoms with van der Waals surface area (Å²) in [5.74, 6) is -3.03. The van der Waals surface area contributed by atoms with Gasteiger partial charge in [-0.3, -0.25) is 14.5 Å². The average molecular weight is 375 g/mol. The third kappa shape index (κ3) is 4.36. The molecule has 0 saturated heterocycles. The number of aryl methyl sites for hydroxylation is 1. The summed E-state index contributed by atoms with van der Waals surface area (Å²) in [6.45, 7) is 2.22. The molecule has 1 amide bonds. The van der Waals surface area contributed by atoms with Crippen LogP contribution in [0.4, 0.5) is 8.78 Å². The Bertz CT molecular complexity index is 982. The quantitative estimate of drug-likeness (QED) is 0.716. The number of alkyl halides is 2. The molecule has 0 spiro atoms. The van der Waals surface area contributed by atoms with E-state index in [1.54, 1.807) is 43.2 Å². The van der Waals surface area contributed by atoms with Crippen molar-refractivity contribution in [1.29, 1.82) is 0 Å². The summed E-state index contributed by atoms with van der Waals surface area (Å²) in [5, 5.41) is 7.64. The van der Waals surface area contributed by atoms with Crippen LogP contribution in [-0.2, 0) is 6.54 Å². The minimum absolute atomic E-state index is 0.178. The lowest BCUT2D eigenvalue weighted by Gasteiger charge is -2.13. The topological polar surface area (TPSA) is 81.9 Å². The first-order valence-corrected chi connectivity index (χ1v) is 8.27. The predicted molar refractivity (Wildman–Crippen MR) is 95.1 cm³/mol. The lowest BCUT2D eigenvalue weighted by Crippen LogP contribution is -2.21. The Hall–Kier alpha value is -3.10. The Morgan fingerprint density at radius 3 is 2.81 bits per heavy atom. The number of nitrogens with one attached hydrogen (secondary N) is 1. The summed E-state index contributed by atoms with van der Waals surface area (Å²) in [4.78, 5) is 20.1. The standard InChI is InChI=1S/C18H19F2N5O2/c1-11-6-12(7-23-17(11)27-10-18(2,19)20)8-25-9-13-14(24-25)4-5-22-15(13)16(26)21-3/h4-7,9H,8,10H2,1-3H3,(H,21,26). The molecule has 142 valence electrons. The number of halogens is 2. The molecule has 0 fully saturated rings. The Morgan fingerprint density at radius 2 is 2.15 bits per heavy atom. The van der Waals surface area contributed by atoms with Gasteiger partial charge in [0.2, 0.25) is 5.88 Å². The van der Waals surface area contributed by atoms with Gasteiger partial charge < -0.3 is 10.1 Å².